The smallest absolute Gasteiger partial charge is 0.0244 e. The lowest BCUT2D eigenvalue weighted by atomic mass is 10.1. The first-order valence-corrected chi connectivity index (χ1v) is 8.47. The van der Waals surface area contributed by atoms with Gasteiger partial charge in [-0.05, 0) is 30.4 Å². The van der Waals surface area contributed by atoms with Gasteiger partial charge in [-0.15, -0.1) is 0 Å². The molecule has 0 aromatic carbocycles. The van der Waals surface area contributed by atoms with Crippen LogP contribution in [0.4, 0.5) is 0 Å². The predicted molar refractivity (Wildman–Crippen MR) is 91.0 cm³/mol. The van der Waals surface area contributed by atoms with Crippen molar-refractivity contribution in [2.75, 3.05) is 4.43 Å². The second-order valence-corrected chi connectivity index (χ2v) is 4.11. The van der Waals surface area contributed by atoms with Crippen molar-refractivity contribution >= 4 is 22.6 Å². The van der Waals surface area contributed by atoms with E-state index in [0.29, 0.717) is 0 Å². The summed E-state index contributed by atoms with van der Waals surface area (Å²) in [6, 6.07) is 0. The highest BCUT2D eigenvalue weighted by molar-refractivity contribution is 14.1. The monoisotopic (exact) mass is 348 g/mol. The first-order valence-electron chi connectivity index (χ1n) is 6.95. The highest BCUT2D eigenvalue weighted by Crippen LogP contribution is 2.21. The summed E-state index contributed by atoms with van der Waals surface area (Å²) in [4.78, 5) is 0. The first kappa shape index (κ1) is 19.3. The van der Waals surface area contributed by atoms with Crippen LogP contribution in [-0.4, -0.2) is 4.43 Å². The Balaban J connectivity index is 0. The van der Waals surface area contributed by atoms with Crippen molar-refractivity contribution < 1.29 is 0 Å². The summed E-state index contributed by atoms with van der Waals surface area (Å²) in [5.74, 6) is 0. The van der Waals surface area contributed by atoms with Crippen LogP contribution in [0.1, 0.15) is 60.8 Å². The van der Waals surface area contributed by atoms with Crippen LogP contribution in [0.15, 0.2) is 34.9 Å². The van der Waals surface area contributed by atoms with E-state index in [9.17, 15) is 0 Å². The molecular formula is C16H29I. The number of hydrogen-bond donors (Lipinski definition) is 0. The van der Waals surface area contributed by atoms with Gasteiger partial charge in [0.05, 0.1) is 0 Å². The number of halogens is 1. The molecule has 100 valence electrons. The second kappa shape index (κ2) is 14.0. The standard InChI is InChI=1S/C12H17I.2C2H6/c1-3-10-5-6-12(9-13)8-11(4-2)7-10;2*1-2/h6-8H,3-5,9H2,1-2H3;2*1-2H3. The molecule has 0 saturated heterocycles. The summed E-state index contributed by atoms with van der Waals surface area (Å²) in [5, 5.41) is 0. The summed E-state index contributed by atoms with van der Waals surface area (Å²) in [6.07, 6.45) is 10.6. The molecule has 0 nitrogen and oxygen atoms in total. The molecule has 0 N–H and O–H groups in total. The lowest BCUT2D eigenvalue weighted by molar-refractivity contribution is 1.02. The van der Waals surface area contributed by atoms with Gasteiger partial charge in [0.1, 0.15) is 0 Å². The third-order valence-corrected chi connectivity index (χ3v) is 3.28. The fourth-order valence-electron chi connectivity index (χ4n) is 1.47. The first-order chi connectivity index (χ1) is 8.30. The zero-order valence-electron chi connectivity index (χ0n) is 12.4. The quantitative estimate of drug-likeness (QED) is 0.405. The maximum atomic E-state index is 2.43. The van der Waals surface area contributed by atoms with E-state index in [1.807, 2.05) is 27.7 Å². The number of alkyl halides is 1. The second-order valence-electron chi connectivity index (χ2n) is 3.35. The lowest BCUT2D eigenvalue weighted by Crippen LogP contribution is -1.80. The number of rotatable bonds is 3. The van der Waals surface area contributed by atoms with Gasteiger partial charge in [0.25, 0.3) is 0 Å². The molecule has 1 heteroatoms. The third-order valence-electron chi connectivity index (χ3n) is 2.40. The Kier molecular flexibility index (Phi) is 15.9. The van der Waals surface area contributed by atoms with Crippen molar-refractivity contribution in [2.24, 2.45) is 0 Å². The predicted octanol–water partition coefficient (Wildman–Crippen LogP) is 6.48. The largest absolute Gasteiger partial charge is 0.0812 e. The molecule has 0 aromatic rings. The van der Waals surface area contributed by atoms with Crippen LogP contribution in [0.25, 0.3) is 0 Å². The highest BCUT2D eigenvalue weighted by atomic mass is 127. The molecule has 0 fully saturated rings. The molecule has 0 saturated carbocycles. The summed E-state index contributed by atoms with van der Waals surface area (Å²) < 4.78 is 1.13. The molecule has 17 heavy (non-hydrogen) atoms. The van der Waals surface area contributed by atoms with E-state index >= 15 is 0 Å². The van der Waals surface area contributed by atoms with Crippen LogP contribution in [0, 0.1) is 0 Å². The molecule has 0 amide bonds. The minimum Gasteiger partial charge on any atom is -0.0812 e. The van der Waals surface area contributed by atoms with Gasteiger partial charge < -0.3 is 0 Å². The Hall–Kier alpha value is -0.0500. The summed E-state index contributed by atoms with van der Waals surface area (Å²) in [7, 11) is 0. The zero-order chi connectivity index (χ0) is 13.7. The molecule has 0 aromatic heterocycles. The Morgan fingerprint density at radius 2 is 1.53 bits per heavy atom. The molecule has 1 aliphatic rings. The topological polar surface area (TPSA) is 0 Å². The highest BCUT2D eigenvalue weighted by Gasteiger charge is 2.02. The Morgan fingerprint density at radius 3 is 1.94 bits per heavy atom. The van der Waals surface area contributed by atoms with E-state index in [1.54, 1.807) is 5.57 Å². The van der Waals surface area contributed by atoms with Gasteiger partial charge in [-0.2, -0.15) is 0 Å². The fourth-order valence-corrected chi connectivity index (χ4v) is 2.00. The van der Waals surface area contributed by atoms with Crippen molar-refractivity contribution in [3.63, 3.8) is 0 Å². The van der Waals surface area contributed by atoms with Crippen LogP contribution >= 0.6 is 22.6 Å². The molecule has 0 spiro atoms. The Bertz CT molecular complexity index is 257. The van der Waals surface area contributed by atoms with Gasteiger partial charge in [0.2, 0.25) is 0 Å². The molecule has 1 aliphatic carbocycles. The van der Waals surface area contributed by atoms with Gasteiger partial charge in [-0.25, -0.2) is 0 Å². The zero-order valence-corrected chi connectivity index (χ0v) is 14.6. The maximum absolute atomic E-state index is 2.43. The van der Waals surface area contributed by atoms with Gasteiger partial charge >= 0.3 is 0 Å². The van der Waals surface area contributed by atoms with E-state index in [4.69, 9.17) is 0 Å². The lowest BCUT2D eigenvalue weighted by Gasteiger charge is -1.99. The number of allylic oxidation sites excluding steroid dienone is 6. The molecule has 1 rings (SSSR count). The van der Waals surface area contributed by atoms with Crippen LogP contribution in [0.2, 0.25) is 0 Å². The average Bonchev–Trinajstić information content (AvgIpc) is 2.64. The molecular weight excluding hydrogens is 319 g/mol. The van der Waals surface area contributed by atoms with E-state index in [0.717, 1.165) is 17.3 Å². The van der Waals surface area contributed by atoms with Gasteiger partial charge in [0, 0.05) is 4.43 Å². The molecule has 0 bridgehead atoms. The SMILES string of the molecule is CC.CC.CCC1=CC(CI)=CCC(CC)=C1. The fraction of sp³-hybridized carbons (Fsp3) is 0.625. The summed E-state index contributed by atoms with van der Waals surface area (Å²) >= 11 is 2.43. The van der Waals surface area contributed by atoms with Gasteiger partial charge in [-0.1, -0.05) is 87.9 Å². The minimum atomic E-state index is 1.13. The van der Waals surface area contributed by atoms with Crippen LogP contribution < -0.4 is 0 Å². The van der Waals surface area contributed by atoms with Crippen LogP contribution in [-0.2, 0) is 0 Å². The minimum absolute atomic E-state index is 1.13. The summed E-state index contributed by atoms with van der Waals surface area (Å²) in [6.45, 7) is 12.5. The summed E-state index contributed by atoms with van der Waals surface area (Å²) in [5.41, 5.74) is 4.53. The van der Waals surface area contributed by atoms with E-state index in [2.05, 4.69) is 54.7 Å². The molecule has 0 atom stereocenters. The van der Waals surface area contributed by atoms with E-state index < -0.39 is 0 Å². The van der Waals surface area contributed by atoms with Crippen molar-refractivity contribution in [2.45, 2.75) is 60.8 Å². The van der Waals surface area contributed by atoms with Crippen LogP contribution in [0.5, 0.6) is 0 Å². The molecule has 0 unspecified atom stereocenters. The van der Waals surface area contributed by atoms with Crippen LogP contribution in [0.3, 0.4) is 0 Å². The van der Waals surface area contributed by atoms with Gasteiger partial charge in [0.15, 0.2) is 0 Å². The van der Waals surface area contributed by atoms with Gasteiger partial charge in [-0.3, -0.25) is 0 Å². The van der Waals surface area contributed by atoms with E-state index in [1.165, 1.54) is 17.6 Å². The Labute approximate surface area is 122 Å². The van der Waals surface area contributed by atoms with Crippen molar-refractivity contribution in [3.8, 4) is 0 Å². The molecule has 0 aliphatic heterocycles. The third kappa shape index (κ3) is 8.64. The number of hydrogen-bond acceptors (Lipinski definition) is 0. The van der Waals surface area contributed by atoms with Crippen molar-refractivity contribution in [1.82, 2.24) is 0 Å². The maximum Gasteiger partial charge on any atom is 0.0244 e. The normalized spacial score (nSPS) is 13.9. The Morgan fingerprint density at radius 1 is 0.941 bits per heavy atom. The molecule has 0 radical (unpaired) electrons. The van der Waals surface area contributed by atoms with E-state index in [-0.39, 0.29) is 0 Å². The van der Waals surface area contributed by atoms with Crippen molar-refractivity contribution in [1.29, 1.82) is 0 Å². The van der Waals surface area contributed by atoms with Crippen molar-refractivity contribution in [3.05, 3.63) is 34.9 Å². The molecule has 0 heterocycles. The average molecular weight is 348 g/mol.